The topological polar surface area (TPSA) is 77.5 Å². The van der Waals surface area contributed by atoms with Crippen molar-refractivity contribution in [3.63, 3.8) is 0 Å². The van der Waals surface area contributed by atoms with E-state index in [0.717, 1.165) is 21.4 Å². The molecule has 2 aromatic carbocycles. The van der Waals surface area contributed by atoms with E-state index in [1.165, 1.54) is 18.2 Å². The van der Waals surface area contributed by atoms with Gasteiger partial charge in [0.1, 0.15) is 16.4 Å². The van der Waals surface area contributed by atoms with Crippen LogP contribution in [-0.4, -0.2) is 27.1 Å². The van der Waals surface area contributed by atoms with Gasteiger partial charge in [0.15, 0.2) is 15.6 Å². The van der Waals surface area contributed by atoms with Crippen LogP contribution >= 0.6 is 27.3 Å². The van der Waals surface area contributed by atoms with E-state index in [-0.39, 0.29) is 4.90 Å². The van der Waals surface area contributed by atoms with Crippen LogP contribution in [0.3, 0.4) is 0 Å². The van der Waals surface area contributed by atoms with Crippen LogP contribution in [0.5, 0.6) is 5.75 Å². The van der Waals surface area contributed by atoms with Crippen LogP contribution in [0.1, 0.15) is 5.56 Å². The van der Waals surface area contributed by atoms with E-state index in [0.29, 0.717) is 15.8 Å². The largest absolute Gasteiger partial charge is 0.497 e. The summed E-state index contributed by atoms with van der Waals surface area (Å²) < 4.78 is 31.1. The van der Waals surface area contributed by atoms with Gasteiger partial charge in [-0.05, 0) is 53.4 Å². The number of benzene rings is 2. The average Bonchev–Trinajstić information content (AvgIpc) is 2.66. The number of methoxy groups -OCH3 is 1. The Morgan fingerprint density at radius 2 is 1.86 bits per heavy atom. The molecule has 5 nitrogen and oxygen atoms in total. The first-order valence-corrected chi connectivity index (χ1v) is 11.4. The second kappa shape index (κ2) is 8.38. The number of carbonyl (C=O) groups is 1. The Morgan fingerprint density at radius 3 is 2.54 bits per heavy atom. The Hall–Kier alpha value is -2.29. The Bertz CT molecular complexity index is 1230. The fourth-order valence-electron chi connectivity index (χ4n) is 2.51. The SMILES string of the molecule is COc1ccc(/C=C/C(=O)CS(=O)(=O)c2cc3cc(Br)ccc3sc2=O)cc1. The summed E-state index contributed by atoms with van der Waals surface area (Å²) in [4.78, 5) is 24.1. The summed E-state index contributed by atoms with van der Waals surface area (Å²) in [5.41, 5.74) is 0.730. The molecule has 0 saturated heterocycles. The lowest BCUT2D eigenvalue weighted by atomic mass is 10.2. The second-order valence-corrected chi connectivity index (χ2v) is 9.80. The number of ether oxygens (including phenoxy) is 1. The van der Waals surface area contributed by atoms with Gasteiger partial charge < -0.3 is 4.74 Å². The van der Waals surface area contributed by atoms with Gasteiger partial charge >= 0.3 is 0 Å². The molecular weight excluding hydrogens is 464 g/mol. The molecule has 0 aliphatic heterocycles. The van der Waals surface area contributed by atoms with E-state index in [1.54, 1.807) is 49.6 Å². The molecule has 0 aliphatic carbocycles. The van der Waals surface area contributed by atoms with Gasteiger partial charge in [-0.2, -0.15) is 0 Å². The standard InChI is InChI=1S/C20H15BrO5S2/c1-26-17-7-3-13(4-8-17)2-6-16(22)12-28(24,25)19-11-14-10-15(21)5-9-18(14)27-20(19)23/h2-11H,12H2,1H3/b6-2+. The number of rotatable bonds is 6. The van der Waals surface area contributed by atoms with Gasteiger partial charge in [0.05, 0.1) is 7.11 Å². The smallest absolute Gasteiger partial charge is 0.251 e. The lowest BCUT2D eigenvalue weighted by Crippen LogP contribution is -2.19. The third-order valence-corrected chi connectivity index (χ3v) is 7.16. The highest BCUT2D eigenvalue weighted by atomic mass is 79.9. The molecule has 0 atom stereocenters. The maximum absolute atomic E-state index is 12.6. The summed E-state index contributed by atoms with van der Waals surface area (Å²) in [6.45, 7) is 0. The first kappa shape index (κ1) is 20.4. The minimum Gasteiger partial charge on any atom is -0.497 e. The van der Waals surface area contributed by atoms with Crippen LogP contribution in [0, 0.1) is 0 Å². The van der Waals surface area contributed by atoms with Crippen molar-refractivity contribution in [2.75, 3.05) is 12.9 Å². The van der Waals surface area contributed by atoms with Gasteiger partial charge in [-0.15, -0.1) is 0 Å². The average molecular weight is 479 g/mol. The zero-order valence-corrected chi connectivity index (χ0v) is 17.9. The van der Waals surface area contributed by atoms with E-state index in [2.05, 4.69) is 15.9 Å². The molecule has 0 bridgehead atoms. The van der Waals surface area contributed by atoms with E-state index in [4.69, 9.17) is 4.74 Å². The third kappa shape index (κ3) is 4.76. The molecule has 0 amide bonds. The molecule has 1 heterocycles. The number of carbonyl (C=O) groups excluding carboxylic acids is 1. The summed E-state index contributed by atoms with van der Waals surface area (Å²) in [7, 11) is -2.50. The van der Waals surface area contributed by atoms with E-state index in [1.807, 2.05) is 0 Å². The number of fused-ring (bicyclic) bond motifs is 1. The van der Waals surface area contributed by atoms with Crippen molar-refractivity contribution in [3.05, 3.63) is 74.2 Å². The lowest BCUT2D eigenvalue weighted by molar-refractivity contribution is -0.112. The normalized spacial score (nSPS) is 11.8. The maximum atomic E-state index is 12.6. The zero-order valence-electron chi connectivity index (χ0n) is 14.7. The number of halogens is 1. The monoisotopic (exact) mass is 478 g/mol. The predicted molar refractivity (Wildman–Crippen MR) is 115 cm³/mol. The summed E-state index contributed by atoms with van der Waals surface area (Å²) >= 11 is 4.17. The molecule has 144 valence electrons. The molecule has 3 aromatic rings. The van der Waals surface area contributed by atoms with Gasteiger partial charge in [-0.25, -0.2) is 8.42 Å². The van der Waals surface area contributed by atoms with Crippen molar-refractivity contribution in [2.45, 2.75) is 4.90 Å². The van der Waals surface area contributed by atoms with Crippen molar-refractivity contribution in [1.29, 1.82) is 0 Å². The quantitative estimate of drug-likeness (QED) is 0.498. The molecule has 28 heavy (non-hydrogen) atoms. The molecule has 0 fully saturated rings. The van der Waals surface area contributed by atoms with Crippen LogP contribution in [0.25, 0.3) is 16.2 Å². The molecule has 0 saturated carbocycles. The first-order valence-electron chi connectivity index (χ1n) is 8.09. The minimum atomic E-state index is -4.05. The predicted octanol–water partition coefficient (Wildman–Crippen LogP) is 4.09. The minimum absolute atomic E-state index is 0.353. The number of sulfone groups is 1. The van der Waals surface area contributed by atoms with Crippen molar-refractivity contribution >= 4 is 59.0 Å². The Kier molecular flexibility index (Phi) is 6.12. The fraction of sp³-hybridized carbons (Fsp3) is 0.100. The number of allylic oxidation sites excluding steroid dienone is 1. The number of ketones is 1. The second-order valence-electron chi connectivity index (χ2n) is 5.91. The Labute approximate surface area is 174 Å². The molecule has 8 heteroatoms. The highest BCUT2D eigenvalue weighted by Gasteiger charge is 2.22. The molecule has 1 aromatic heterocycles. The molecule has 0 spiro atoms. The van der Waals surface area contributed by atoms with Gasteiger partial charge in [-0.3, -0.25) is 9.59 Å². The van der Waals surface area contributed by atoms with E-state index >= 15 is 0 Å². The van der Waals surface area contributed by atoms with Gasteiger partial charge in [0, 0.05) is 9.17 Å². The van der Waals surface area contributed by atoms with Crippen molar-refractivity contribution in [3.8, 4) is 5.75 Å². The summed E-state index contributed by atoms with van der Waals surface area (Å²) in [5, 5.41) is 0.624. The molecular formula is C20H15BrO5S2. The van der Waals surface area contributed by atoms with Gasteiger partial charge in [0.25, 0.3) is 4.74 Å². The number of hydrogen-bond acceptors (Lipinski definition) is 6. The fourth-order valence-corrected chi connectivity index (χ4v) is 5.31. The molecule has 0 aliphatic rings. The zero-order chi connectivity index (χ0) is 20.3. The highest BCUT2D eigenvalue weighted by Crippen LogP contribution is 2.24. The van der Waals surface area contributed by atoms with E-state index < -0.39 is 26.1 Å². The number of hydrogen-bond donors (Lipinski definition) is 0. The third-order valence-electron chi connectivity index (χ3n) is 3.91. The Balaban J connectivity index is 1.83. The van der Waals surface area contributed by atoms with Crippen LogP contribution < -0.4 is 9.48 Å². The van der Waals surface area contributed by atoms with E-state index in [9.17, 15) is 18.0 Å². The summed E-state index contributed by atoms with van der Waals surface area (Å²) in [5.74, 6) is -0.686. The summed E-state index contributed by atoms with van der Waals surface area (Å²) in [6, 6.07) is 13.5. The van der Waals surface area contributed by atoms with Crippen LogP contribution in [0.15, 0.2) is 68.8 Å². The van der Waals surface area contributed by atoms with Crippen molar-refractivity contribution in [2.24, 2.45) is 0 Å². The van der Waals surface area contributed by atoms with Crippen molar-refractivity contribution < 1.29 is 17.9 Å². The molecule has 3 rings (SSSR count). The molecule has 0 unspecified atom stereocenters. The van der Waals surface area contributed by atoms with Gasteiger partial charge in [-0.1, -0.05) is 45.5 Å². The highest BCUT2D eigenvalue weighted by molar-refractivity contribution is 9.10. The van der Waals surface area contributed by atoms with Crippen LogP contribution in [-0.2, 0) is 14.6 Å². The Morgan fingerprint density at radius 1 is 1.14 bits per heavy atom. The first-order chi connectivity index (χ1) is 13.3. The van der Waals surface area contributed by atoms with Crippen molar-refractivity contribution in [1.82, 2.24) is 0 Å². The molecule has 0 N–H and O–H groups in total. The van der Waals surface area contributed by atoms with Gasteiger partial charge in [0.2, 0.25) is 0 Å². The van der Waals surface area contributed by atoms with Crippen LogP contribution in [0.4, 0.5) is 0 Å². The lowest BCUT2D eigenvalue weighted by Gasteiger charge is -2.04. The molecule has 0 radical (unpaired) electrons. The maximum Gasteiger partial charge on any atom is 0.251 e. The van der Waals surface area contributed by atoms with Crippen LogP contribution in [0.2, 0.25) is 0 Å². The summed E-state index contributed by atoms with van der Waals surface area (Å²) in [6.07, 6.45) is 2.72.